The molecule has 1 aliphatic carbocycles. The maximum absolute atomic E-state index is 15.5. The Kier molecular flexibility index (Phi) is 9.84. The fourth-order valence-electron chi connectivity index (χ4n) is 5.55. The van der Waals surface area contributed by atoms with E-state index in [0.29, 0.717) is 50.9 Å². The van der Waals surface area contributed by atoms with E-state index >= 15 is 8.78 Å². The summed E-state index contributed by atoms with van der Waals surface area (Å²) in [7, 11) is 0. The monoisotopic (exact) mass is 567 g/mol. The Labute approximate surface area is 230 Å². The number of carbonyl (C=O) groups is 1. The van der Waals surface area contributed by atoms with Gasteiger partial charge in [0, 0.05) is 30.3 Å². The van der Waals surface area contributed by atoms with Gasteiger partial charge in [-0.05, 0) is 68.2 Å². The summed E-state index contributed by atoms with van der Waals surface area (Å²) in [6, 6.07) is 7.87. The molecule has 0 unspecified atom stereocenters. The summed E-state index contributed by atoms with van der Waals surface area (Å²) in [4.78, 5) is 12.4. The molecule has 0 radical (unpaired) electrons. The lowest BCUT2D eigenvalue weighted by Crippen LogP contribution is -2.46. The van der Waals surface area contributed by atoms with E-state index in [0.717, 1.165) is 33.7 Å². The molecule has 0 spiro atoms. The topological polar surface area (TPSA) is 48.0 Å². The van der Waals surface area contributed by atoms with Gasteiger partial charge in [0.15, 0.2) is 0 Å². The highest BCUT2D eigenvalue weighted by Crippen LogP contribution is 2.50. The number of fused-ring (bicyclic) bond motifs is 2. The summed E-state index contributed by atoms with van der Waals surface area (Å²) in [5.74, 6) is -2.31. The molecule has 2 aromatic carbocycles. The van der Waals surface area contributed by atoms with E-state index in [4.69, 9.17) is 14.2 Å². The van der Waals surface area contributed by atoms with Crippen LogP contribution in [0.1, 0.15) is 62.3 Å². The van der Waals surface area contributed by atoms with Crippen LogP contribution in [-0.2, 0) is 20.7 Å². The molecule has 0 saturated heterocycles. The first-order valence-electron chi connectivity index (χ1n) is 13.6. The number of esters is 1. The quantitative estimate of drug-likeness (QED) is 0.160. The van der Waals surface area contributed by atoms with Gasteiger partial charge in [-0.1, -0.05) is 24.3 Å². The molecule has 0 amide bonds. The summed E-state index contributed by atoms with van der Waals surface area (Å²) in [6.45, 7) is 2.85. The number of ether oxygens (including phenoxy) is 3. The van der Waals surface area contributed by atoms with Gasteiger partial charge in [-0.25, -0.2) is 13.6 Å². The van der Waals surface area contributed by atoms with Crippen LogP contribution in [0.2, 0.25) is 0 Å². The second-order valence-electron chi connectivity index (χ2n) is 10.1. The number of rotatable bonds is 12. The minimum absolute atomic E-state index is 0.0209. The summed E-state index contributed by atoms with van der Waals surface area (Å²) in [5, 5.41) is 0. The highest BCUT2D eigenvalue weighted by Gasteiger charge is 2.45. The summed E-state index contributed by atoms with van der Waals surface area (Å²) in [6.07, 6.45) is -1.86. The Hall–Kier alpha value is -2.98. The number of hydrogen-bond acceptors (Lipinski definition) is 5. The molecule has 1 heterocycles. The van der Waals surface area contributed by atoms with E-state index in [1.54, 1.807) is 13.8 Å². The standard InChI is InChI=1S/C30H34F5NO4/c1-3-39-27(37)17-38-11-7-4-8-12-40-21-15-25(31)28(26(32)16-21)29-24-14-20-9-5-6-10-22(20)23(24)13-19(2)36(29)18-30(33,34)35/h5-6,9-10,15-16,19,29H,3-4,7-8,11-14,17-18H2,1-2H3/t19-,29+/m1/s1. The second kappa shape index (κ2) is 13.1. The third-order valence-corrected chi connectivity index (χ3v) is 7.25. The van der Waals surface area contributed by atoms with Gasteiger partial charge in [-0.15, -0.1) is 0 Å². The van der Waals surface area contributed by atoms with Gasteiger partial charge < -0.3 is 14.2 Å². The number of hydrogen-bond donors (Lipinski definition) is 0. The van der Waals surface area contributed by atoms with E-state index < -0.39 is 42.4 Å². The third-order valence-electron chi connectivity index (χ3n) is 7.25. The largest absolute Gasteiger partial charge is 0.493 e. The highest BCUT2D eigenvalue weighted by atomic mass is 19.4. The molecule has 1 aliphatic heterocycles. The summed E-state index contributed by atoms with van der Waals surface area (Å²) >= 11 is 0. The van der Waals surface area contributed by atoms with Crippen molar-refractivity contribution in [2.24, 2.45) is 0 Å². The minimum Gasteiger partial charge on any atom is -0.493 e. The molecule has 10 heteroatoms. The Morgan fingerprint density at radius 1 is 1.05 bits per heavy atom. The zero-order valence-corrected chi connectivity index (χ0v) is 22.7. The normalized spacial score (nSPS) is 19.0. The van der Waals surface area contributed by atoms with Crippen molar-refractivity contribution in [2.45, 2.75) is 64.2 Å². The zero-order valence-electron chi connectivity index (χ0n) is 22.7. The fraction of sp³-hybridized carbons (Fsp3) is 0.500. The van der Waals surface area contributed by atoms with Crippen LogP contribution in [0.3, 0.4) is 0 Å². The molecule has 0 fully saturated rings. The smallest absolute Gasteiger partial charge is 0.401 e. The molecule has 4 rings (SSSR count). The number of nitrogens with zero attached hydrogens (tertiary/aromatic N) is 1. The Morgan fingerprint density at radius 2 is 1.75 bits per heavy atom. The molecule has 2 atom stereocenters. The van der Waals surface area contributed by atoms with Gasteiger partial charge >= 0.3 is 12.1 Å². The fourth-order valence-corrected chi connectivity index (χ4v) is 5.55. The Bertz CT molecular complexity index is 1210. The summed E-state index contributed by atoms with van der Waals surface area (Å²) in [5.41, 5.74) is 2.98. The van der Waals surface area contributed by atoms with Crippen molar-refractivity contribution < 1.29 is 41.0 Å². The van der Waals surface area contributed by atoms with Crippen LogP contribution in [0, 0.1) is 11.6 Å². The molecular weight excluding hydrogens is 533 g/mol. The van der Waals surface area contributed by atoms with Gasteiger partial charge in [0.05, 0.1) is 25.8 Å². The highest BCUT2D eigenvalue weighted by molar-refractivity contribution is 5.79. The molecule has 0 bridgehead atoms. The van der Waals surface area contributed by atoms with Crippen molar-refractivity contribution >= 4 is 11.5 Å². The van der Waals surface area contributed by atoms with Crippen molar-refractivity contribution in [1.29, 1.82) is 0 Å². The average molecular weight is 568 g/mol. The van der Waals surface area contributed by atoms with E-state index in [1.807, 2.05) is 24.3 Å². The minimum atomic E-state index is -4.53. The van der Waals surface area contributed by atoms with Crippen LogP contribution in [0.15, 0.2) is 42.0 Å². The van der Waals surface area contributed by atoms with E-state index in [2.05, 4.69) is 0 Å². The van der Waals surface area contributed by atoms with E-state index in [9.17, 15) is 18.0 Å². The number of unbranched alkanes of at least 4 members (excludes halogenated alkanes) is 2. The first-order chi connectivity index (χ1) is 19.1. The molecule has 0 N–H and O–H groups in total. The van der Waals surface area contributed by atoms with Crippen molar-refractivity contribution in [1.82, 2.24) is 4.90 Å². The van der Waals surface area contributed by atoms with Crippen molar-refractivity contribution in [3.63, 3.8) is 0 Å². The van der Waals surface area contributed by atoms with Crippen molar-refractivity contribution in [2.75, 3.05) is 33.0 Å². The predicted octanol–water partition coefficient (Wildman–Crippen LogP) is 6.80. The Balaban J connectivity index is 1.45. The molecule has 2 aliphatic rings. The number of halogens is 5. The van der Waals surface area contributed by atoms with Gasteiger partial charge in [-0.2, -0.15) is 13.2 Å². The van der Waals surface area contributed by atoms with Gasteiger partial charge in [-0.3, -0.25) is 4.90 Å². The van der Waals surface area contributed by atoms with Crippen LogP contribution in [0.4, 0.5) is 22.0 Å². The van der Waals surface area contributed by atoms with E-state index in [1.165, 1.54) is 0 Å². The van der Waals surface area contributed by atoms with Crippen molar-refractivity contribution in [3.8, 4) is 5.75 Å². The van der Waals surface area contributed by atoms with Gasteiger partial charge in [0.25, 0.3) is 0 Å². The molecule has 40 heavy (non-hydrogen) atoms. The lowest BCUT2D eigenvalue weighted by molar-refractivity contribution is -0.155. The van der Waals surface area contributed by atoms with Crippen LogP contribution in [-0.4, -0.2) is 56.1 Å². The van der Waals surface area contributed by atoms with Gasteiger partial charge in [0.1, 0.15) is 24.0 Å². The molecule has 0 aromatic heterocycles. The van der Waals surface area contributed by atoms with Crippen LogP contribution < -0.4 is 4.74 Å². The molecule has 0 saturated carbocycles. The van der Waals surface area contributed by atoms with E-state index in [-0.39, 0.29) is 24.5 Å². The Morgan fingerprint density at radius 3 is 2.45 bits per heavy atom. The first-order valence-corrected chi connectivity index (χ1v) is 13.6. The molecule has 5 nitrogen and oxygen atoms in total. The van der Waals surface area contributed by atoms with Gasteiger partial charge in [0.2, 0.25) is 0 Å². The molecular formula is C30H34F5NO4. The van der Waals surface area contributed by atoms with Crippen LogP contribution in [0.5, 0.6) is 5.75 Å². The summed E-state index contributed by atoms with van der Waals surface area (Å²) < 4.78 is 87.5. The maximum Gasteiger partial charge on any atom is 0.401 e. The lowest BCUT2D eigenvalue weighted by atomic mass is 9.84. The maximum atomic E-state index is 15.5. The second-order valence-corrected chi connectivity index (χ2v) is 10.1. The lowest BCUT2D eigenvalue weighted by Gasteiger charge is -2.42. The van der Waals surface area contributed by atoms with Crippen molar-refractivity contribution in [3.05, 3.63) is 70.3 Å². The zero-order chi connectivity index (χ0) is 28.9. The van der Waals surface area contributed by atoms with Crippen LogP contribution in [0.25, 0.3) is 5.57 Å². The predicted molar refractivity (Wildman–Crippen MR) is 140 cm³/mol. The molecule has 218 valence electrons. The first kappa shape index (κ1) is 30.0. The number of carbonyl (C=O) groups excluding carboxylic acids is 1. The average Bonchev–Trinajstić information content (AvgIpc) is 3.24. The third kappa shape index (κ3) is 7.20. The number of benzene rings is 2. The molecule has 2 aromatic rings. The number of alkyl halides is 3. The SMILES string of the molecule is CCOC(=O)COCCCCCOc1cc(F)c([C@@H]2C3=C(C[C@@H](C)N2CC(F)(F)F)c2ccccc2C3)c(F)c1. The van der Waals surface area contributed by atoms with Crippen LogP contribution >= 0.6 is 0 Å².